The number of rotatable bonds is 5. The number of hydrogen-bond acceptors (Lipinski definition) is 2. The van der Waals surface area contributed by atoms with Gasteiger partial charge in [0, 0.05) is 13.1 Å². The molecule has 1 aliphatic carbocycles. The summed E-state index contributed by atoms with van der Waals surface area (Å²) in [4.78, 5) is 14.4. The fourth-order valence-electron chi connectivity index (χ4n) is 3.37. The van der Waals surface area contributed by atoms with Crippen molar-refractivity contribution < 1.29 is 18.3 Å². The van der Waals surface area contributed by atoms with Crippen molar-refractivity contribution in [2.24, 2.45) is 5.92 Å². The van der Waals surface area contributed by atoms with Crippen LogP contribution in [-0.4, -0.2) is 36.1 Å². The molecule has 5 heteroatoms. The second-order valence-electron chi connectivity index (χ2n) is 7.04. The number of nitrogens with zero attached hydrogens (tertiary/aromatic N) is 1. The van der Waals surface area contributed by atoms with E-state index in [-0.39, 0.29) is 17.8 Å². The predicted molar refractivity (Wildman–Crippen MR) is 87.9 cm³/mol. The molecule has 1 aromatic rings. The molecular formula is C19H25F2NO2. The second-order valence-corrected chi connectivity index (χ2v) is 7.04. The van der Waals surface area contributed by atoms with Crippen molar-refractivity contribution in [3.05, 3.63) is 34.9 Å². The molecular weight excluding hydrogens is 312 g/mol. The summed E-state index contributed by atoms with van der Waals surface area (Å²) in [7, 11) is 0. The van der Waals surface area contributed by atoms with Crippen molar-refractivity contribution in [1.82, 2.24) is 4.90 Å². The zero-order valence-electron chi connectivity index (χ0n) is 14.4. The SMILES string of the molecule is CCCC[C@@H]1CN(C(=O)c2c(F)ccc(C)c2F)C[C@H](C2CC2)O1. The summed E-state index contributed by atoms with van der Waals surface area (Å²) in [6, 6.07) is 2.52. The van der Waals surface area contributed by atoms with Crippen molar-refractivity contribution in [1.29, 1.82) is 0 Å². The fraction of sp³-hybridized carbons (Fsp3) is 0.632. The molecule has 24 heavy (non-hydrogen) atoms. The standard InChI is InChI=1S/C19H25F2NO2/c1-3-4-5-14-10-22(11-16(24-14)13-7-8-13)19(23)17-15(20)9-6-12(2)18(17)21/h6,9,13-14,16H,3-5,7-8,10-11H2,1-2H3/t14-,16-/m1/s1. The monoisotopic (exact) mass is 337 g/mol. The molecule has 1 aliphatic heterocycles. The van der Waals surface area contributed by atoms with Crippen LogP contribution in [0.15, 0.2) is 12.1 Å². The van der Waals surface area contributed by atoms with E-state index in [0.29, 0.717) is 19.0 Å². The highest BCUT2D eigenvalue weighted by atomic mass is 19.1. The highest BCUT2D eigenvalue weighted by Gasteiger charge is 2.40. The van der Waals surface area contributed by atoms with E-state index in [1.165, 1.54) is 12.1 Å². The van der Waals surface area contributed by atoms with E-state index in [1.54, 1.807) is 11.8 Å². The minimum Gasteiger partial charge on any atom is -0.371 e. The average molecular weight is 337 g/mol. The van der Waals surface area contributed by atoms with Crippen LogP contribution >= 0.6 is 0 Å². The van der Waals surface area contributed by atoms with Gasteiger partial charge in [-0.25, -0.2) is 8.78 Å². The smallest absolute Gasteiger partial charge is 0.260 e. The van der Waals surface area contributed by atoms with Gasteiger partial charge in [-0.2, -0.15) is 0 Å². The first-order chi connectivity index (χ1) is 11.5. The van der Waals surface area contributed by atoms with Crippen molar-refractivity contribution in [3.8, 4) is 0 Å². The molecule has 1 amide bonds. The Balaban J connectivity index is 1.81. The van der Waals surface area contributed by atoms with E-state index >= 15 is 0 Å². The maximum Gasteiger partial charge on any atom is 0.260 e. The van der Waals surface area contributed by atoms with Crippen molar-refractivity contribution in [2.75, 3.05) is 13.1 Å². The van der Waals surface area contributed by atoms with Crippen molar-refractivity contribution in [3.63, 3.8) is 0 Å². The molecule has 0 bridgehead atoms. The average Bonchev–Trinajstić information content (AvgIpc) is 3.41. The van der Waals surface area contributed by atoms with Gasteiger partial charge in [0.25, 0.3) is 5.91 Å². The highest BCUT2D eigenvalue weighted by Crippen LogP contribution is 2.37. The van der Waals surface area contributed by atoms with Gasteiger partial charge in [0.1, 0.15) is 17.2 Å². The van der Waals surface area contributed by atoms with Crippen LogP contribution in [0, 0.1) is 24.5 Å². The Bertz CT molecular complexity index is 616. The van der Waals surface area contributed by atoms with Crippen LogP contribution in [0.2, 0.25) is 0 Å². The van der Waals surface area contributed by atoms with Crippen LogP contribution in [0.4, 0.5) is 8.78 Å². The van der Waals surface area contributed by atoms with Crippen LogP contribution in [0.1, 0.15) is 54.9 Å². The molecule has 0 radical (unpaired) electrons. The molecule has 2 aliphatic rings. The summed E-state index contributed by atoms with van der Waals surface area (Å²) in [6.07, 6.45) is 5.15. The third-order valence-corrected chi connectivity index (χ3v) is 5.00. The third kappa shape index (κ3) is 3.61. The number of unbranched alkanes of at least 4 members (excludes halogenated alkanes) is 1. The van der Waals surface area contributed by atoms with Crippen LogP contribution in [0.3, 0.4) is 0 Å². The molecule has 3 nitrogen and oxygen atoms in total. The van der Waals surface area contributed by atoms with Crippen LogP contribution in [-0.2, 0) is 4.74 Å². The highest BCUT2D eigenvalue weighted by molar-refractivity contribution is 5.95. The maximum absolute atomic E-state index is 14.3. The number of halogens is 2. The van der Waals surface area contributed by atoms with E-state index < -0.39 is 23.1 Å². The Morgan fingerprint density at radius 3 is 2.71 bits per heavy atom. The number of amides is 1. The van der Waals surface area contributed by atoms with Gasteiger partial charge in [-0.15, -0.1) is 0 Å². The van der Waals surface area contributed by atoms with Crippen LogP contribution in [0.25, 0.3) is 0 Å². The minimum atomic E-state index is -0.789. The molecule has 1 saturated carbocycles. The predicted octanol–water partition coefficient (Wildman–Crippen LogP) is 4.08. The Labute approximate surface area is 142 Å². The molecule has 1 aromatic carbocycles. The number of benzene rings is 1. The molecule has 0 spiro atoms. The van der Waals surface area contributed by atoms with Gasteiger partial charge in [-0.3, -0.25) is 4.79 Å². The largest absolute Gasteiger partial charge is 0.371 e. The first-order valence-electron chi connectivity index (χ1n) is 8.90. The number of carbonyl (C=O) groups is 1. The zero-order valence-corrected chi connectivity index (χ0v) is 14.4. The number of carbonyl (C=O) groups excluding carboxylic acids is 1. The number of aryl methyl sites for hydroxylation is 1. The lowest BCUT2D eigenvalue weighted by atomic mass is 10.0. The Hall–Kier alpha value is -1.49. The Kier molecular flexibility index (Phi) is 5.18. The Morgan fingerprint density at radius 1 is 1.29 bits per heavy atom. The first kappa shape index (κ1) is 17.3. The lowest BCUT2D eigenvalue weighted by Gasteiger charge is -2.38. The third-order valence-electron chi connectivity index (χ3n) is 5.00. The zero-order chi connectivity index (χ0) is 17.3. The van der Waals surface area contributed by atoms with Gasteiger partial charge in [0.2, 0.25) is 0 Å². The minimum absolute atomic E-state index is 0.000452. The summed E-state index contributed by atoms with van der Waals surface area (Å²) < 4.78 is 34.5. The van der Waals surface area contributed by atoms with E-state index in [0.717, 1.165) is 32.1 Å². The van der Waals surface area contributed by atoms with E-state index in [2.05, 4.69) is 6.92 Å². The summed E-state index contributed by atoms with van der Waals surface area (Å²) in [5, 5.41) is 0. The molecule has 132 valence electrons. The number of hydrogen-bond donors (Lipinski definition) is 0. The quantitative estimate of drug-likeness (QED) is 0.810. The fourth-order valence-corrected chi connectivity index (χ4v) is 3.37. The second kappa shape index (κ2) is 7.18. The summed E-state index contributed by atoms with van der Waals surface area (Å²) in [5.41, 5.74) is -0.144. The number of morpholine rings is 1. The van der Waals surface area contributed by atoms with Crippen molar-refractivity contribution in [2.45, 2.75) is 58.2 Å². The van der Waals surface area contributed by atoms with E-state index in [1.807, 2.05) is 0 Å². The normalized spacial score (nSPS) is 24.2. The molecule has 0 unspecified atom stereocenters. The van der Waals surface area contributed by atoms with Gasteiger partial charge in [-0.1, -0.05) is 25.8 Å². The van der Waals surface area contributed by atoms with E-state index in [9.17, 15) is 13.6 Å². The van der Waals surface area contributed by atoms with Crippen LogP contribution in [0.5, 0.6) is 0 Å². The summed E-state index contributed by atoms with van der Waals surface area (Å²) in [6.45, 7) is 4.50. The molecule has 1 saturated heterocycles. The van der Waals surface area contributed by atoms with Gasteiger partial charge in [0.15, 0.2) is 0 Å². The summed E-state index contributed by atoms with van der Waals surface area (Å²) >= 11 is 0. The summed E-state index contributed by atoms with van der Waals surface area (Å²) in [5.74, 6) is -1.61. The Morgan fingerprint density at radius 2 is 2.04 bits per heavy atom. The van der Waals surface area contributed by atoms with Gasteiger partial charge in [0.05, 0.1) is 12.2 Å². The lowest BCUT2D eigenvalue weighted by molar-refractivity contribution is -0.0875. The maximum atomic E-state index is 14.3. The molecule has 2 fully saturated rings. The van der Waals surface area contributed by atoms with Crippen LogP contribution < -0.4 is 0 Å². The molecule has 1 heterocycles. The molecule has 2 atom stereocenters. The molecule has 0 aromatic heterocycles. The topological polar surface area (TPSA) is 29.5 Å². The number of ether oxygens (including phenoxy) is 1. The van der Waals surface area contributed by atoms with Gasteiger partial charge >= 0.3 is 0 Å². The molecule has 0 N–H and O–H groups in total. The van der Waals surface area contributed by atoms with Crippen molar-refractivity contribution >= 4 is 5.91 Å². The van der Waals surface area contributed by atoms with E-state index in [4.69, 9.17) is 4.74 Å². The van der Waals surface area contributed by atoms with Gasteiger partial charge < -0.3 is 9.64 Å². The lowest BCUT2D eigenvalue weighted by Crippen LogP contribution is -2.51. The first-order valence-corrected chi connectivity index (χ1v) is 8.90. The van der Waals surface area contributed by atoms with Gasteiger partial charge in [-0.05, 0) is 43.7 Å². The molecule has 3 rings (SSSR count).